The number of hydrogen-bond acceptors (Lipinski definition) is 4. The van der Waals surface area contributed by atoms with E-state index in [-0.39, 0.29) is 10.9 Å². The van der Waals surface area contributed by atoms with Crippen LogP contribution in [0.3, 0.4) is 0 Å². The van der Waals surface area contributed by atoms with Gasteiger partial charge in [0.1, 0.15) is 10.6 Å². The van der Waals surface area contributed by atoms with Crippen LogP contribution in [-0.4, -0.2) is 21.6 Å². The summed E-state index contributed by atoms with van der Waals surface area (Å²) >= 11 is 0. The van der Waals surface area contributed by atoms with Gasteiger partial charge in [-0.2, -0.15) is 0 Å². The number of methoxy groups -OCH3 is 1. The van der Waals surface area contributed by atoms with Crippen LogP contribution in [0, 0.1) is 5.92 Å². The van der Waals surface area contributed by atoms with Crippen molar-refractivity contribution in [1.82, 2.24) is 4.72 Å². The van der Waals surface area contributed by atoms with Crippen LogP contribution >= 0.6 is 0 Å². The minimum atomic E-state index is -3.59. The Morgan fingerprint density at radius 1 is 1.37 bits per heavy atom. The number of rotatable bonds is 4. The number of anilines is 1. The van der Waals surface area contributed by atoms with Crippen molar-refractivity contribution in [3.63, 3.8) is 0 Å². The Labute approximate surface area is 114 Å². The average Bonchev–Trinajstić information content (AvgIpc) is 2.74. The van der Waals surface area contributed by atoms with Crippen LogP contribution in [-0.2, 0) is 10.0 Å². The number of sulfonamides is 1. The molecule has 0 spiro atoms. The van der Waals surface area contributed by atoms with E-state index in [4.69, 9.17) is 10.5 Å². The summed E-state index contributed by atoms with van der Waals surface area (Å²) in [5.74, 6) is 0.878. The fourth-order valence-electron chi connectivity index (χ4n) is 2.50. The molecule has 1 aromatic rings. The van der Waals surface area contributed by atoms with Gasteiger partial charge in [0.15, 0.2) is 0 Å². The largest absolute Gasteiger partial charge is 0.495 e. The first-order valence-corrected chi connectivity index (χ1v) is 7.86. The molecule has 2 unspecified atom stereocenters. The summed E-state index contributed by atoms with van der Waals surface area (Å²) < 4.78 is 32.6. The van der Waals surface area contributed by atoms with Crippen molar-refractivity contribution in [3.8, 4) is 5.75 Å². The van der Waals surface area contributed by atoms with Crippen molar-refractivity contribution >= 4 is 15.7 Å². The van der Waals surface area contributed by atoms with E-state index in [2.05, 4.69) is 11.6 Å². The number of hydrogen-bond donors (Lipinski definition) is 2. The lowest BCUT2D eigenvalue weighted by atomic mass is 10.1. The second-order valence-corrected chi connectivity index (χ2v) is 6.83. The molecule has 1 aromatic carbocycles. The van der Waals surface area contributed by atoms with Crippen LogP contribution < -0.4 is 15.2 Å². The molecule has 5 nitrogen and oxygen atoms in total. The average molecular weight is 284 g/mol. The summed E-state index contributed by atoms with van der Waals surface area (Å²) in [6.07, 6.45) is 2.82. The van der Waals surface area contributed by atoms with Crippen molar-refractivity contribution in [3.05, 3.63) is 18.2 Å². The highest BCUT2D eigenvalue weighted by atomic mass is 32.2. The number of nitrogen functional groups attached to an aromatic ring is 1. The monoisotopic (exact) mass is 284 g/mol. The molecule has 19 heavy (non-hydrogen) atoms. The predicted molar refractivity (Wildman–Crippen MR) is 74.5 cm³/mol. The van der Waals surface area contributed by atoms with Crippen LogP contribution in [0.2, 0.25) is 0 Å². The second kappa shape index (κ2) is 5.38. The molecule has 1 aliphatic carbocycles. The Hall–Kier alpha value is -1.27. The van der Waals surface area contributed by atoms with Gasteiger partial charge in [-0.15, -0.1) is 0 Å². The zero-order valence-electron chi connectivity index (χ0n) is 11.2. The lowest BCUT2D eigenvalue weighted by Crippen LogP contribution is -2.33. The molecule has 0 saturated heterocycles. The van der Waals surface area contributed by atoms with E-state index in [9.17, 15) is 8.42 Å². The van der Waals surface area contributed by atoms with E-state index >= 15 is 0 Å². The van der Waals surface area contributed by atoms with Gasteiger partial charge in [0.05, 0.1) is 7.11 Å². The smallest absolute Gasteiger partial charge is 0.244 e. The van der Waals surface area contributed by atoms with Crippen molar-refractivity contribution in [2.24, 2.45) is 5.92 Å². The fraction of sp³-hybridized carbons (Fsp3) is 0.538. The first kappa shape index (κ1) is 14.1. The van der Waals surface area contributed by atoms with Crippen LogP contribution in [0.25, 0.3) is 0 Å². The molecule has 1 saturated carbocycles. The SMILES string of the molecule is COc1ccc(N)cc1S(=O)(=O)NC1CCC(C)C1. The molecule has 2 atom stereocenters. The molecule has 0 aromatic heterocycles. The van der Waals surface area contributed by atoms with Gasteiger partial charge in [-0.3, -0.25) is 0 Å². The Balaban J connectivity index is 2.26. The Kier molecular flexibility index (Phi) is 4.01. The third-order valence-electron chi connectivity index (χ3n) is 3.49. The summed E-state index contributed by atoms with van der Waals surface area (Å²) in [6, 6.07) is 4.63. The highest BCUT2D eigenvalue weighted by molar-refractivity contribution is 7.89. The van der Waals surface area contributed by atoms with Crippen molar-refractivity contribution < 1.29 is 13.2 Å². The van der Waals surface area contributed by atoms with Crippen LogP contribution in [0.4, 0.5) is 5.69 Å². The zero-order chi connectivity index (χ0) is 14.0. The van der Waals surface area contributed by atoms with Crippen molar-refractivity contribution in [2.75, 3.05) is 12.8 Å². The lowest BCUT2D eigenvalue weighted by Gasteiger charge is -2.15. The topological polar surface area (TPSA) is 81.4 Å². The standard InChI is InChI=1S/C13H20N2O3S/c1-9-3-5-11(7-9)15-19(16,17)13-8-10(14)4-6-12(13)18-2/h4,6,8-9,11,15H,3,5,7,14H2,1-2H3. The summed E-state index contributed by atoms with van der Waals surface area (Å²) in [7, 11) is -2.14. The minimum absolute atomic E-state index is 0.00568. The Bertz CT molecular complexity index is 557. The van der Waals surface area contributed by atoms with E-state index in [1.165, 1.54) is 13.2 Å². The molecule has 0 radical (unpaired) electrons. The third-order valence-corrected chi connectivity index (χ3v) is 5.04. The van der Waals surface area contributed by atoms with Gasteiger partial charge in [0.25, 0.3) is 0 Å². The Morgan fingerprint density at radius 2 is 2.11 bits per heavy atom. The summed E-state index contributed by atoms with van der Waals surface area (Å²) in [5.41, 5.74) is 6.06. The minimum Gasteiger partial charge on any atom is -0.495 e. The first-order chi connectivity index (χ1) is 8.92. The number of nitrogens with one attached hydrogen (secondary N) is 1. The van der Waals surface area contributed by atoms with Gasteiger partial charge in [-0.25, -0.2) is 13.1 Å². The fourth-order valence-corrected chi connectivity index (χ4v) is 3.99. The number of ether oxygens (including phenoxy) is 1. The molecule has 2 rings (SSSR count). The highest BCUT2D eigenvalue weighted by Gasteiger charge is 2.28. The van der Waals surface area contributed by atoms with Gasteiger partial charge in [-0.05, 0) is 43.4 Å². The van der Waals surface area contributed by atoms with Crippen LogP contribution in [0.1, 0.15) is 26.2 Å². The molecule has 0 amide bonds. The van der Waals surface area contributed by atoms with E-state index in [1.54, 1.807) is 12.1 Å². The van der Waals surface area contributed by atoms with E-state index < -0.39 is 10.0 Å². The maximum atomic E-state index is 12.4. The molecule has 106 valence electrons. The van der Waals surface area contributed by atoms with E-state index in [0.29, 0.717) is 17.4 Å². The molecule has 3 N–H and O–H groups in total. The highest BCUT2D eigenvalue weighted by Crippen LogP contribution is 2.29. The molecule has 1 aliphatic rings. The summed E-state index contributed by atoms with van der Waals surface area (Å²) in [5, 5.41) is 0. The number of nitrogens with two attached hydrogens (primary N) is 1. The lowest BCUT2D eigenvalue weighted by molar-refractivity contribution is 0.402. The zero-order valence-corrected chi connectivity index (χ0v) is 12.0. The van der Waals surface area contributed by atoms with Crippen molar-refractivity contribution in [1.29, 1.82) is 0 Å². The van der Waals surface area contributed by atoms with Gasteiger partial charge in [-0.1, -0.05) is 6.92 Å². The maximum Gasteiger partial charge on any atom is 0.244 e. The van der Waals surface area contributed by atoms with Crippen LogP contribution in [0.15, 0.2) is 23.1 Å². The molecule has 0 bridgehead atoms. The maximum absolute atomic E-state index is 12.4. The van der Waals surface area contributed by atoms with Gasteiger partial charge < -0.3 is 10.5 Å². The molecular weight excluding hydrogens is 264 g/mol. The van der Waals surface area contributed by atoms with Gasteiger partial charge in [0, 0.05) is 11.7 Å². The number of benzene rings is 1. The molecular formula is C13H20N2O3S. The normalized spacial score (nSPS) is 23.5. The predicted octanol–water partition coefficient (Wildman–Crippen LogP) is 1.74. The molecule has 1 fully saturated rings. The quantitative estimate of drug-likeness (QED) is 0.825. The molecule has 6 heteroatoms. The second-order valence-electron chi connectivity index (χ2n) is 5.15. The Morgan fingerprint density at radius 3 is 2.68 bits per heavy atom. The van der Waals surface area contributed by atoms with E-state index in [1.807, 2.05) is 0 Å². The summed E-state index contributed by atoms with van der Waals surface area (Å²) in [4.78, 5) is 0.106. The van der Waals surface area contributed by atoms with E-state index in [0.717, 1.165) is 19.3 Å². The molecule has 0 aliphatic heterocycles. The van der Waals surface area contributed by atoms with Gasteiger partial charge >= 0.3 is 0 Å². The van der Waals surface area contributed by atoms with Gasteiger partial charge in [0.2, 0.25) is 10.0 Å². The molecule has 0 heterocycles. The third kappa shape index (κ3) is 3.19. The van der Waals surface area contributed by atoms with Crippen LogP contribution in [0.5, 0.6) is 5.75 Å². The summed E-state index contributed by atoms with van der Waals surface area (Å²) in [6.45, 7) is 2.13. The van der Waals surface area contributed by atoms with Crippen molar-refractivity contribution in [2.45, 2.75) is 37.1 Å². The first-order valence-electron chi connectivity index (χ1n) is 6.38.